The summed E-state index contributed by atoms with van der Waals surface area (Å²) in [6.45, 7) is 13.7. The lowest BCUT2D eigenvalue weighted by Crippen LogP contribution is -2.61. The molecule has 0 N–H and O–H groups in total. The molecular formula is C22H36N4O4. The van der Waals surface area contributed by atoms with Gasteiger partial charge >= 0.3 is 0 Å². The van der Waals surface area contributed by atoms with E-state index in [0.717, 1.165) is 0 Å². The highest BCUT2D eigenvalue weighted by atomic mass is 16.2. The highest BCUT2D eigenvalue weighted by Gasteiger charge is 2.49. The lowest BCUT2D eigenvalue weighted by Gasteiger charge is -2.45. The fraction of sp³-hybridized carbons (Fsp3) is 0.818. The third-order valence-corrected chi connectivity index (χ3v) is 7.66. The van der Waals surface area contributed by atoms with Gasteiger partial charge in [-0.2, -0.15) is 0 Å². The van der Waals surface area contributed by atoms with Gasteiger partial charge in [0.15, 0.2) is 0 Å². The van der Waals surface area contributed by atoms with E-state index in [0.29, 0.717) is 39.3 Å². The number of piperazine rings is 1. The molecule has 2 unspecified atom stereocenters. The number of carbonyl (C=O) groups is 4. The van der Waals surface area contributed by atoms with E-state index in [1.807, 2.05) is 27.7 Å². The molecular weight excluding hydrogens is 384 g/mol. The van der Waals surface area contributed by atoms with Crippen LogP contribution in [0.1, 0.15) is 67.2 Å². The Hall–Kier alpha value is -1.80. The summed E-state index contributed by atoms with van der Waals surface area (Å²) < 4.78 is 0. The minimum Gasteiger partial charge on any atom is -0.280 e. The number of carbonyl (C=O) groups excluding carboxylic acids is 4. The van der Waals surface area contributed by atoms with Crippen molar-refractivity contribution in [2.24, 2.45) is 10.8 Å². The molecule has 168 valence electrons. The normalized spacial score (nSPS) is 36.5. The minimum absolute atomic E-state index is 0.0793. The van der Waals surface area contributed by atoms with Crippen LogP contribution in [0.2, 0.25) is 0 Å². The molecule has 0 bridgehead atoms. The van der Waals surface area contributed by atoms with Crippen LogP contribution < -0.4 is 0 Å². The van der Waals surface area contributed by atoms with Crippen molar-refractivity contribution >= 4 is 23.6 Å². The van der Waals surface area contributed by atoms with Crippen molar-refractivity contribution in [3.63, 3.8) is 0 Å². The number of nitrogens with zero attached hydrogens (tertiary/aromatic N) is 4. The largest absolute Gasteiger partial charge is 0.280 e. The van der Waals surface area contributed by atoms with E-state index < -0.39 is 10.8 Å². The fourth-order valence-electron chi connectivity index (χ4n) is 4.75. The molecule has 0 radical (unpaired) electrons. The second-order valence-corrected chi connectivity index (χ2v) is 9.96. The van der Waals surface area contributed by atoms with Gasteiger partial charge in [0.1, 0.15) is 0 Å². The summed E-state index contributed by atoms with van der Waals surface area (Å²) >= 11 is 0. The monoisotopic (exact) mass is 420 g/mol. The van der Waals surface area contributed by atoms with Crippen LogP contribution in [-0.2, 0) is 19.2 Å². The topological polar surface area (TPSA) is 81.2 Å². The van der Waals surface area contributed by atoms with E-state index in [1.165, 1.54) is 9.80 Å². The van der Waals surface area contributed by atoms with Crippen molar-refractivity contribution in [3.8, 4) is 0 Å². The lowest BCUT2D eigenvalue weighted by molar-refractivity contribution is -0.149. The highest BCUT2D eigenvalue weighted by Crippen LogP contribution is 2.37. The number of likely N-dealkylation sites (tertiary alicyclic amines) is 2. The molecule has 0 aromatic carbocycles. The Bertz CT molecular complexity index is 693. The van der Waals surface area contributed by atoms with E-state index >= 15 is 0 Å². The van der Waals surface area contributed by atoms with Gasteiger partial charge in [0.05, 0.1) is 24.2 Å². The predicted molar refractivity (Wildman–Crippen MR) is 112 cm³/mol. The van der Waals surface area contributed by atoms with Crippen LogP contribution in [0.25, 0.3) is 0 Å². The first-order chi connectivity index (χ1) is 14.0. The van der Waals surface area contributed by atoms with Crippen LogP contribution in [0.3, 0.4) is 0 Å². The molecule has 3 aliphatic heterocycles. The lowest BCUT2D eigenvalue weighted by atomic mass is 9.86. The summed E-state index contributed by atoms with van der Waals surface area (Å²) in [5.74, 6) is -0.355. The van der Waals surface area contributed by atoms with Gasteiger partial charge in [0.25, 0.3) is 0 Å². The fourth-order valence-corrected chi connectivity index (χ4v) is 4.75. The maximum absolute atomic E-state index is 12.8. The van der Waals surface area contributed by atoms with E-state index in [2.05, 4.69) is 23.6 Å². The van der Waals surface area contributed by atoms with Crippen molar-refractivity contribution in [1.29, 1.82) is 0 Å². The summed E-state index contributed by atoms with van der Waals surface area (Å²) in [4.78, 5) is 57.6. The van der Waals surface area contributed by atoms with E-state index in [9.17, 15) is 19.2 Å². The van der Waals surface area contributed by atoms with Gasteiger partial charge in [-0.1, -0.05) is 27.7 Å². The van der Waals surface area contributed by atoms with Crippen molar-refractivity contribution in [2.45, 2.75) is 79.3 Å². The van der Waals surface area contributed by atoms with Gasteiger partial charge in [-0.25, -0.2) is 0 Å². The molecule has 3 aliphatic rings. The molecule has 0 aromatic heterocycles. The molecule has 3 heterocycles. The Morgan fingerprint density at radius 1 is 0.733 bits per heavy atom. The van der Waals surface area contributed by atoms with Crippen LogP contribution in [0.15, 0.2) is 0 Å². The molecule has 0 spiro atoms. The van der Waals surface area contributed by atoms with Crippen molar-refractivity contribution in [3.05, 3.63) is 0 Å². The average Bonchev–Trinajstić information content (AvgIpc) is 3.04. The molecule has 0 aliphatic carbocycles. The average molecular weight is 421 g/mol. The van der Waals surface area contributed by atoms with Crippen LogP contribution >= 0.6 is 0 Å². The Labute approximate surface area is 179 Å². The van der Waals surface area contributed by atoms with Crippen molar-refractivity contribution in [2.75, 3.05) is 26.4 Å². The highest BCUT2D eigenvalue weighted by molar-refractivity contribution is 6.06. The number of hydrogen-bond acceptors (Lipinski definition) is 6. The maximum atomic E-state index is 12.8. The molecule has 4 atom stereocenters. The smallest absolute Gasteiger partial charge is 0.236 e. The van der Waals surface area contributed by atoms with Gasteiger partial charge in [0.2, 0.25) is 23.6 Å². The zero-order valence-corrected chi connectivity index (χ0v) is 19.2. The molecule has 30 heavy (non-hydrogen) atoms. The number of hydrogen-bond donors (Lipinski definition) is 0. The zero-order valence-electron chi connectivity index (χ0n) is 19.2. The molecule has 3 saturated heterocycles. The summed E-state index contributed by atoms with van der Waals surface area (Å²) in [6.07, 6.45) is 1.87. The molecule has 0 aromatic rings. The zero-order chi connectivity index (χ0) is 22.4. The first kappa shape index (κ1) is 22.9. The van der Waals surface area contributed by atoms with Gasteiger partial charge in [-0.3, -0.25) is 38.8 Å². The SMILES string of the molecule is CCC1(C)CC(=O)N(CN2C[C@@H](C)N(CN3C(=O)CC(C)(CC)C3=O)C[C@H]2C)C1=O. The molecule has 0 saturated carbocycles. The molecule has 4 amide bonds. The van der Waals surface area contributed by atoms with Crippen LogP contribution in [0.4, 0.5) is 0 Å². The van der Waals surface area contributed by atoms with Crippen molar-refractivity contribution in [1.82, 2.24) is 19.6 Å². The van der Waals surface area contributed by atoms with E-state index in [4.69, 9.17) is 0 Å². The van der Waals surface area contributed by atoms with Gasteiger partial charge < -0.3 is 0 Å². The van der Waals surface area contributed by atoms with Crippen LogP contribution in [-0.4, -0.2) is 81.7 Å². The molecule has 8 nitrogen and oxygen atoms in total. The summed E-state index contributed by atoms with van der Waals surface area (Å²) in [5, 5.41) is 0. The molecule has 8 heteroatoms. The van der Waals surface area contributed by atoms with Crippen LogP contribution in [0, 0.1) is 10.8 Å². The van der Waals surface area contributed by atoms with Crippen LogP contribution in [0.5, 0.6) is 0 Å². The Kier molecular flexibility index (Phi) is 6.13. The molecule has 3 fully saturated rings. The van der Waals surface area contributed by atoms with E-state index in [1.54, 1.807) is 0 Å². The standard InChI is InChI=1S/C22H36N4O4/c1-7-21(5)9-17(27)25(19(21)29)13-23-11-16(4)24(12-15(23)3)14-26-18(28)10-22(6,8-2)20(26)30/h15-16H,7-14H2,1-6H3/t15-,16-,21?,22?/m1/s1. The van der Waals surface area contributed by atoms with Crippen molar-refractivity contribution < 1.29 is 19.2 Å². The Morgan fingerprint density at radius 2 is 1.07 bits per heavy atom. The summed E-state index contributed by atoms with van der Waals surface area (Å²) in [5.41, 5.74) is -1.17. The maximum Gasteiger partial charge on any atom is 0.236 e. The van der Waals surface area contributed by atoms with Gasteiger partial charge in [-0.15, -0.1) is 0 Å². The van der Waals surface area contributed by atoms with Gasteiger partial charge in [-0.05, 0) is 26.7 Å². The van der Waals surface area contributed by atoms with Gasteiger partial charge in [0, 0.05) is 38.0 Å². The summed E-state index contributed by atoms with van der Waals surface area (Å²) in [6, 6.07) is 0.196. The third-order valence-electron chi connectivity index (χ3n) is 7.66. The number of amides is 4. The first-order valence-electron chi connectivity index (χ1n) is 11.1. The first-order valence-corrected chi connectivity index (χ1v) is 11.1. The number of rotatable bonds is 6. The predicted octanol–water partition coefficient (Wildman–Crippen LogP) is 1.65. The minimum atomic E-state index is -0.587. The third kappa shape index (κ3) is 3.80. The quantitative estimate of drug-likeness (QED) is 0.608. The Balaban J connectivity index is 1.64. The second kappa shape index (κ2) is 8.04. The second-order valence-electron chi connectivity index (χ2n) is 9.96. The van der Waals surface area contributed by atoms with E-state index in [-0.39, 0.29) is 48.6 Å². The Morgan fingerprint density at radius 3 is 1.33 bits per heavy atom. The summed E-state index contributed by atoms with van der Waals surface area (Å²) in [7, 11) is 0. The number of imide groups is 2. The molecule has 3 rings (SSSR count).